The van der Waals surface area contributed by atoms with Crippen LogP contribution >= 0.6 is 0 Å². The summed E-state index contributed by atoms with van der Waals surface area (Å²) < 4.78 is 0. The summed E-state index contributed by atoms with van der Waals surface area (Å²) in [7, 11) is 0. The van der Waals surface area contributed by atoms with Crippen LogP contribution in [0.4, 0.5) is 5.82 Å². The van der Waals surface area contributed by atoms with Crippen LogP contribution in [0.25, 0.3) is 11.4 Å². The van der Waals surface area contributed by atoms with Crippen molar-refractivity contribution in [3.63, 3.8) is 0 Å². The number of rotatable bonds is 5. The minimum atomic E-state index is -0.265. The lowest BCUT2D eigenvalue weighted by atomic mass is 9.73. The van der Waals surface area contributed by atoms with Gasteiger partial charge in [-0.3, -0.25) is 4.79 Å². The molecule has 0 amide bonds. The van der Waals surface area contributed by atoms with Crippen LogP contribution in [0.5, 0.6) is 0 Å². The first-order valence-corrected chi connectivity index (χ1v) is 8.99. The number of aliphatic hydroxyl groups is 1. The zero-order valence-electron chi connectivity index (χ0n) is 14.9. The summed E-state index contributed by atoms with van der Waals surface area (Å²) in [5.74, 6) is 1.30. The lowest BCUT2D eigenvalue weighted by molar-refractivity contribution is 0.00958. The van der Waals surface area contributed by atoms with Crippen molar-refractivity contribution >= 4 is 5.82 Å². The molecule has 6 nitrogen and oxygen atoms in total. The van der Waals surface area contributed by atoms with E-state index in [1.54, 1.807) is 6.20 Å². The van der Waals surface area contributed by atoms with E-state index in [-0.39, 0.29) is 17.1 Å². The Morgan fingerprint density at radius 1 is 1.40 bits per heavy atom. The Bertz CT molecular complexity index is 772. The van der Waals surface area contributed by atoms with Gasteiger partial charge < -0.3 is 15.4 Å². The van der Waals surface area contributed by atoms with Crippen molar-refractivity contribution in [2.75, 3.05) is 11.9 Å². The summed E-state index contributed by atoms with van der Waals surface area (Å²) in [5, 5.41) is 13.6. The molecule has 1 aliphatic rings. The van der Waals surface area contributed by atoms with Crippen LogP contribution in [0.3, 0.4) is 0 Å². The molecule has 2 heterocycles. The van der Waals surface area contributed by atoms with Crippen molar-refractivity contribution in [1.82, 2.24) is 15.0 Å². The van der Waals surface area contributed by atoms with E-state index in [0.29, 0.717) is 18.8 Å². The number of nitrogens with zero attached hydrogens (tertiary/aromatic N) is 2. The van der Waals surface area contributed by atoms with Crippen LogP contribution in [0.1, 0.15) is 45.2 Å². The highest BCUT2D eigenvalue weighted by molar-refractivity contribution is 5.55. The molecule has 0 radical (unpaired) electrons. The quantitative estimate of drug-likeness (QED) is 0.777. The van der Waals surface area contributed by atoms with Crippen LogP contribution in [0.2, 0.25) is 0 Å². The topological polar surface area (TPSA) is 90.9 Å². The highest BCUT2D eigenvalue weighted by atomic mass is 16.3. The molecule has 0 aromatic carbocycles. The minimum absolute atomic E-state index is 0.110. The van der Waals surface area contributed by atoms with Gasteiger partial charge in [-0.1, -0.05) is 26.7 Å². The molecular weight excluding hydrogens is 316 g/mol. The molecule has 6 heteroatoms. The van der Waals surface area contributed by atoms with E-state index in [1.165, 1.54) is 6.07 Å². The molecule has 0 spiro atoms. The Hall–Kier alpha value is -2.21. The average molecular weight is 342 g/mol. The minimum Gasteiger partial charge on any atom is -0.392 e. The van der Waals surface area contributed by atoms with Gasteiger partial charge in [-0.2, -0.15) is 0 Å². The van der Waals surface area contributed by atoms with Gasteiger partial charge in [0, 0.05) is 35.5 Å². The predicted octanol–water partition coefficient (Wildman–Crippen LogP) is 2.75. The van der Waals surface area contributed by atoms with Crippen molar-refractivity contribution in [3.05, 3.63) is 40.4 Å². The van der Waals surface area contributed by atoms with E-state index < -0.39 is 0 Å². The van der Waals surface area contributed by atoms with E-state index in [2.05, 4.69) is 27.2 Å². The maximum Gasteiger partial charge on any atom is 0.251 e. The van der Waals surface area contributed by atoms with E-state index in [0.717, 1.165) is 42.8 Å². The monoisotopic (exact) mass is 342 g/mol. The van der Waals surface area contributed by atoms with Gasteiger partial charge in [0.2, 0.25) is 0 Å². The fraction of sp³-hybridized carbons (Fsp3) is 0.526. The summed E-state index contributed by atoms with van der Waals surface area (Å²) in [6.45, 7) is 4.79. The molecule has 0 saturated heterocycles. The molecule has 0 aliphatic heterocycles. The molecule has 1 saturated carbocycles. The Morgan fingerprint density at radius 3 is 2.92 bits per heavy atom. The van der Waals surface area contributed by atoms with Crippen molar-refractivity contribution in [1.29, 1.82) is 0 Å². The van der Waals surface area contributed by atoms with Gasteiger partial charge in [0.15, 0.2) is 0 Å². The van der Waals surface area contributed by atoms with Crippen LogP contribution < -0.4 is 10.9 Å². The number of aromatic nitrogens is 3. The van der Waals surface area contributed by atoms with Gasteiger partial charge in [0.05, 0.1) is 6.10 Å². The lowest BCUT2D eigenvalue weighted by Crippen LogP contribution is -2.41. The van der Waals surface area contributed by atoms with Crippen molar-refractivity contribution < 1.29 is 5.11 Å². The zero-order chi connectivity index (χ0) is 17.9. The SMILES string of the molecule is CCc1cc(=O)[nH]c(-c2ccc(NCC3(C)CCCCC3O)nc2)n1. The van der Waals surface area contributed by atoms with Crippen LogP contribution in [0, 0.1) is 5.41 Å². The predicted molar refractivity (Wildman–Crippen MR) is 98.5 cm³/mol. The molecule has 1 aliphatic carbocycles. The van der Waals surface area contributed by atoms with E-state index in [4.69, 9.17) is 0 Å². The first-order valence-electron chi connectivity index (χ1n) is 8.99. The van der Waals surface area contributed by atoms with Gasteiger partial charge in [-0.25, -0.2) is 9.97 Å². The van der Waals surface area contributed by atoms with E-state index in [1.807, 2.05) is 19.1 Å². The fourth-order valence-electron chi connectivity index (χ4n) is 3.34. The Morgan fingerprint density at radius 2 is 2.24 bits per heavy atom. The van der Waals surface area contributed by atoms with Crippen LogP contribution in [-0.4, -0.2) is 32.7 Å². The number of hydrogen-bond donors (Lipinski definition) is 3. The van der Waals surface area contributed by atoms with Gasteiger partial charge in [0.25, 0.3) is 5.56 Å². The normalized spacial score (nSPS) is 23.4. The van der Waals surface area contributed by atoms with Gasteiger partial charge >= 0.3 is 0 Å². The highest BCUT2D eigenvalue weighted by Gasteiger charge is 2.35. The molecule has 2 unspecified atom stereocenters. The summed E-state index contributed by atoms with van der Waals surface area (Å²) in [4.78, 5) is 23.3. The maximum absolute atomic E-state index is 11.7. The third-order valence-electron chi connectivity index (χ3n) is 5.15. The number of aryl methyl sites for hydroxylation is 1. The maximum atomic E-state index is 11.7. The number of H-pyrrole nitrogens is 1. The van der Waals surface area contributed by atoms with Crippen LogP contribution in [0.15, 0.2) is 29.2 Å². The standard InChI is InChI=1S/C19H26N4O2/c1-3-14-10-17(25)23-18(22-14)13-7-8-16(20-11-13)21-12-19(2)9-5-4-6-15(19)24/h7-8,10-11,15,24H,3-6,9,12H2,1-2H3,(H,20,21)(H,22,23,25). The molecule has 0 bridgehead atoms. The highest BCUT2D eigenvalue weighted by Crippen LogP contribution is 2.36. The van der Waals surface area contributed by atoms with Crippen molar-refractivity contribution in [3.8, 4) is 11.4 Å². The number of nitrogens with one attached hydrogen (secondary N) is 2. The lowest BCUT2D eigenvalue weighted by Gasteiger charge is -2.38. The Labute approximate surface area is 147 Å². The second-order valence-electron chi connectivity index (χ2n) is 7.14. The second-order valence-corrected chi connectivity index (χ2v) is 7.14. The molecule has 1 fully saturated rings. The summed E-state index contributed by atoms with van der Waals surface area (Å²) in [6.07, 6.45) is 6.31. The van der Waals surface area contributed by atoms with Crippen molar-refractivity contribution in [2.45, 2.75) is 52.1 Å². The Balaban J connectivity index is 1.70. The van der Waals surface area contributed by atoms with E-state index >= 15 is 0 Å². The Kier molecular flexibility index (Phi) is 5.18. The molecule has 2 aromatic rings. The summed E-state index contributed by atoms with van der Waals surface area (Å²) in [6, 6.07) is 5.29. The summed E-state index contributed by atoms with van der Waals surface area (Å²) in [5.41, 5.74) is 1.28. The molecule has 2 aromatic heterocycles. The smallest absolute Gasteiger partial charge is 0.251 e. The van der Waals surface area contributed by atoms with Crippen molar-refractivity contribution in [2.24, 2.45) is 5.41 Å². The molecular formula is C19H26N4O2. The first kappa shape index (κ1) is 17.6. The number of aliphatic hydroxyl groups excluding tert-OH is 1. The molecule has 134 valence electrons. The third-order valence-corrected chi connectivity index (χ3v) is 5.15. The van der Waals surface area contributed by atoms with Crippen LogP contribution in [-0.2, 0) is 6.42 Å². The molecule has 3 rings (SSSR count). The van der Waals surface area contributed by atoms with Gasteiger partial charge in [0.1, 0.15) is 11.6 Å². The second kappa shape index (κ2) is 7.35. The zero-order valence-corrected chi connectivity index (χ0v) is 14.9. The third kappa shape index (κ3) is 4.07. The van der Waals surface area contributed by atoms with E-state index in [9.17, 15) is 9.90 Å². The average Bonchev–Trinajstić information content (AvgIpc) is 2.62. The van der Waals surface area contributed by atoms with Gasteiger partial charge in [-0.05, 0) is 31.4 Å². The molecule has 2 atom stereocenters. The number of aromatic amines is 1. The van der Waals surface area contributed by atoms with Gasteiger partial charge in [-0.15, -0.1) is 0 Å². The molecule has 25 heavy (non-hydrogen) atoms. The first-order chi connectivity index (χ1) is 12.0. The summed E-state index contributed by atoms with van der Waals surface area (Å²) >= 11 is 0. The number of pyridine rings is 1. The number of hydrogen-bond acceptors (Lipinski definition) is 5. The fourth-order valence-corrected chi connectivity index (χ4v) is 3.34. The number of anilines is 1. The largest absolute Gasteiger partial charge is 0.392 e. The molecule has 3 N–H and O–H groups in total.